The van der Waals surface area contributed by atoms with Crippen LogP contribution in [-0.4, -0.2) is 39.1 Å². The molecule has 0 aliphatic carbocycles. The Hall–Kier alpha value is -3.29. The smallest absolute Gasteiger partial charge is 0.476 e. The van der Waals surface area contributed by atoms with E-state index in [4.69, 9.17) is 13.6 Å². The highest BCUT2D eigenvalue weighted by atomic mass is 31.2. The number of aliphatic hydroxyl groups is 1. The van der Waals surface area contributed by atoms with Crippen LogP contribution in [0.5, 0.6) is 11.5 Å². The van der Waals surface area contributed by atoms with Gasteiger partial charge in [-0.25, -0.2) is 4.79 Å². The zero-order chi connectivity index (χ0) is 23.0. The average molecular weight is 459 g/mol. The Labute approximate surface area is 184 Å². The van der Waals surface area contributed by atoms with Crippen LogP contribution in [0, 0.1) is 11.8 Å². The normalized spacial score (nSPS) is 23.3. The highest BCUT2D eigenvalue weighted by Gasteiger charge is 2.62. The molecule has 0 radical (unpaired) electrons. The van der Waals surface area contributed by atoms with Gasteiger partial charge in [-0.2, -0.15) is 4.57 Å². The Morgan fingerprint density at radius 2 is 1.50 bits per heavy atom. The van der Waals surface area contributed by atoms with E-state index < -0.39 is 49.4 Å². The number of nitrogens with zero attached hydrogens (tertiary/aromatic N) is 1. The first-order valence-electron chi connectivity index (χ1n) is 9.99. The van der Waals surface area contributed by atoms with E-state index in [1.165, 1.54) is 6.92 Å². The van der Waals surface area contributed by atoms with Crippen LogP contribution in [0.3, 0.4) is 0 Å². The van der Waals surface area contributed by atoms with Crippen molar-refractivity contribution in [1.29, 1.82) is 0 Å². The van der Waals surface area contributed by atoms with E-state index in [-0.39, 0.29) is 17.3 Å². The summed E-state index contributed by atoms with van der Waals surface area (Å²) in [5.41, 5.74) is -0.432. The lowest BCUT2D eigenvalue weighted by Crippen LogP contribution is -2.63. The lowest BCUT2D eigenvalue weighted by molar-refractivity contribution is -0.163. The first-order valence-corrected chi connectivity index (χ1v) is 11.5. The number of carbonyl (C=O) groups is 2. The molecule has 2 aliphatic heterocycles. The summed E-state index contributed by atoms with van der Waals surface area (Å²) in [4.78, 5) is 25.6. The predicted octanol–water partition coefficient (Wildman–Crippen LogP) is 3.42. The molecule has 168 valence electrons. The van der Waals surface area contributed by atoms with Crippen LogP contribution in [0.1, 0.15) is 13.8 Å². The Kier molecular flexibility index (Phi) is 5.71. The number of carbonyl (C=O) groups excluding carboxylic acids is 1. The summed E-state index contributed by atoms with van der Waals surface area (Å²) in [5.74, 6) is -3.22. The van der Waals surface area contributed by atoms with Gasteiger partial charge < -0.3 is 23.8 Å². The van der Waals surface area contributed by atoms with Crippen LogP contribution in [0.2, 0.25) is 0 Å². The van der Waals surface area contributed by atoms with Gasteiger partial charge in [0, 0.05) is 5.92 Å². The molecule has 4 atom stereocenters. The standard InChI is InChI=1S/C22H22NO8P/c1-13-18-17(14(2)24)21(25)23(18)19(22(26)27)20(13)31-32(28,29-15-9-5-3-6-10-15)30-16-11-7-4-8-12-16/h3-14,17-18,24H,1-2H3,(H,26,27)/t13-,14?,17+,18+/m1/s1. The Bertz CT molecular complexity index is 1060. The number of para-hydroxylation sites is 2. The second kappa shape index (κ2) is 8.33. The van der Waals surface area contributed by atoms with E-state index in [2.05, 4.69) is 0 Å². The topological polar surface area (TPSA) is 123 Å². The highest BCUT2D eigenvalue weighted by molar-refractivity contribution is 7.49. The number of fused-ring (bicyclic) bond motifs is 1. The van der Waals surface area contributed by atoms with Crippen LogP contribution >= 0.6 is 7.82 Å². The van der Waals surface area contributed by atoms with E-state index in [0.717, 1.165) is 4.90 Å². The van der Waals surface area contributed by atoms with Crippen molar-refractivity contribution in [1.82, 2.24) is 4.90 Å². The molecule has 0 bridgehead atoms. The van der Waals surface area contributed by atoms with E-state index >= 15 is 0 Å². The number of aliphatic hydroxyl groups excluding tert-OH is 1. The SMILES string of the molecule is CC(O)[C@@H]1C(=O)N2C(C(=O)O)=C(OP(=O)(Oc3ccccc3)Oc3ccccc3)[C@H](C)[C@@H]12. The summed E-state index contributed by atoms with van der Waals surface area (Å²) < 4.78 is 30.5. The Balaban J connectivity index is 1.71. The van der Waals surface area contributed by atoms with Gasteiger partial charge in [-0.15, -0.1) is 0 Å². The molecule has 9 nitrogen and oxygen atoms in total. The predicted molar refractivity (Wildman–Crippen MR) is 112 cm³/mol. The molecule has 1 unspecified atom stereocenters. The fourth-order valence-electron chi connectivity index (χ4n) is 4.04. The minimum Gasteiger partial charge on any atom is -0.476 e. The first kappa shape index (κ1) is 21.9. The van der Waals surface area contributed by atoms with E-state index in [1.807, 2.05) is 0 Å². The van der Waals surface area contributed by atoms with Gasteiger partial charge in [0.15, 0.2) is 5.70 Å². The number of carboxylic acids is 1. The number of hydrogen-bond acceptors (Lipinski definition) is 7. The number of β-lactam (4-membered cyclic amide) rings is 1. The number of hydrogen-bond donors (Lipinski definition) is 2. The fraction of sp³-hybridized carbons (Fsp3) is 0.273. The summed E-state index contributed by atoms with van der Waals surface area (Å²) in [6.07, 6.45) is -0.978. The third kappa shape index (κ3) is 3.85. The van der Waals surface area contributed by atoms with Crippen LogP contribution in [0.25, 0.3) is 0 Å². The fourth-order valence-corrected chi connectivity index (χ4v) is 5.40. The van der Waals surface area contributed by atoms with Crippen molar-refractivity contribution in [3.05, 3.63) is 72.1 Å². The summed E-state index contributed by atoms with van der Waals surface area (Å²) in [6.45, 7) is 3.11. The summed E-state index contributed by atoms with van der Waals surface area (Å²) >= 11 is 0. The average Bonchev–Trinajstić information content (AvgIpc) is 2.97. The molecule has 10 heteroatoms. The lowest BCUT2D eigenvalue weighted by Gasteiger charge is -2.45. The third-order valence-electron chi connectivity index (χ3n) is 5.44. The minimum atomic E-state index is -4.44. The van der Waals surface area contributed by atoms with Gasteiger partial charge in [0.1, 0.15) is 17.3 Å². The zero-order valence-corrected chi connectivity index (χ0v) is 18.2. The molecule has 32 heavy (non-hydrogen) atoms. The lowest BCUT2D eigenvalue weighted by atomic mass is 9.79. The van der Waals surface area contributed by atoms with Crippen LogP contribution in [0.4, 0.5) is 0 Å². The van der Waals surface area contributed by atoms with E-state index in [0.29, 0.717) is 0 Å². The molecule has 1 saturated heterocycles. The van der Waals surface area contributed by atoms with Crippen molar-refractivity contribution in [3.63, 3.8) is 0 Å². The molecule has 2 heterocycles. The molecule has 4 rings (SSSR count). The maximum absolute atomic E-state index is 13.7. The summed E-state index contributed by atoms with van der Waals surface area (Å²) in [5, 5.41) is 19.8. The minimum absolute atomic E-state index is 0.191. The highest BCUT2D eigenvalue weighted by Crippen LogP contribution is 2.56. The molecule has 2 aliphatic rings. The number of benzene rings is 2. The van der Waals surface area contributed by atoms with Gasteiger partial charge in [-0.3, -0.25) is 9.69 Å². The second-order valence-corrected chi connectivity index (χ2v) is 9.06. The summed E-state index contributed by atoms with van der Waals surface area (Å²) in [7, 11) is -4.44. The van der Waals surface area contributed by atoms with Gasteiger partial charge >= 0.3 is 13.8 Å². The van der Waals surface area contributed by atoms with Crippen molar-refractivity contribution in [2.45, 2.75) is 26.0 Å². The second-order valence-electron chi connectivity index (χ2n) is 7.62. The quantitative estimate of drug-likeness (QED) is 0.455. The van der Waals surface area contributed by atoms with E-state index in [1.54, 1.807) is 67.6 Å². The monoisotopic (exact) mass is 459 g/mol. The van der Waals surface area contributed by atoms with Gasteiger partial charge in [0.2, 0.25) is 5.91 Å². The van der Waals surface area contributed by atoms with Crippen molar-refractivity contribution in [2.24, 2.45) is 11.8 Å². The number of phosphoric acid groups is 1. The number of aliphatic carboxylic acids is 1. The Morgan fingerprint density at radius 1 is 1.00 bits per heavy atom. The van der Waals surface area contributed by atoms with Gasteiger partial charge in [0.05, 0.1) is 18.1 Å². The first-order chi connectivity index (χ1) is 15.2. The van der Waals surface area contributed by atoms with Crippen molar-refractivity contribution < 1.29 is 37.9 Å². The molecular formula is C22H22NO8P. The van der Waals surface area contributed by atoms with Crippen molar-refractivity contribution in [3.8, 4) is 11.5 Å². The Morgan fingerprint density at radius 3 is 1.94 bits per heavy atom. The molecule has 1 fully saturated rings. The number of rotatable bonds is 8. The molecule has 0 saturated carbocycles. The number of amides is 1. The van der Waals surface area contributed by atoms with Crippen LogP contribution < -0.4 is 9.05 Å². The van der Waals surface area contributed by atoms with Gasteiger partial charge in [-0.05, 0) is 31.2 Å². The van der Waals surface area contributed by atoms with Gasteiger partial charge in [-0.1, -0.05) is 43.3 Å². The summed E-state index contributed by atoms with van der Waals surface area (Å²) in [6, 6.07) is 15.7. The molecule has 0 aromatic heterocycles. The maximum Gasteiger partial charge on any atom is 0.646 e. The van der Waals surface area contributed by atoms with E-state index in [9.17, 15) is 24.4 Å². The van der Waals surface area contributed by atoms with Crippen LogP contribution in [0.15, 0.2) is 72.1 Å². The molecule has 0 spiro atoms. The third-order valence-corrected chi connectivity index (χ3v) is 6.73. The number of carboxylic acid groups (broad SMARTS) is 1. The number of phosphoric ester groups is 1. The molecular weight excluding hydrogens is 437 g/mol. The molecule has 2 aromatic rings. The maximum atomic E-state index is 13.7. The molecule has 1 amide bonds. The van der Waals surface area contributed by atoms with Crippen LogP contribution in [-0.2, 0) is 18.7 Å². The molecule has 2 aromatic carbocycles. The molecule has 2 N–H and O–H groups in total. The van der Waals surface area contributed by atoms with Gasteiger partial charge in [0.25, 0.3) is 0 Å². The van der Waals surface area contributed by atoms with Crippen molar-refractivity contribution >= 4 is 19.7 Å². The largest absolute Gasteiger partial charge is 0.646 e. The zero-order valence-electron chi connectivity index (χ0n) is 17.3. The van der Waals surface area contributed by atoms with Crippen molar-refractivity contribution in [2.75, 3.05) is 0 Å².